The summed E-state index contributed by atoms with van der Waals surface area (Å²) in [7, 11) is 1.62. The number of aromatic nitrogens is 2. The first-order valence-corrected chi connectivity index (χ1v) is 11.8. The standard InChI is InChI=1S/C25H32N4O3S/c1-17(2)15-28(24(31)20-8-7-13-33-20)16-23(30)26-22-14-21(25(3,4)5)27-29(22)18-9-11-19(32-6)12-10-18/h7-14,17H,15-16H2,1-6H3,(H,26,30). The minimum Gasteiger partial charge on any atom is -0.497 e. The van der Waals surface area contributed by atoms with Gasteiger partial charge in [-0.3, -0.25) is 9.59 Å². The first-order valence-electron chi connectivity index (χ1n) is 11.0. The average Bonchev–Trinajstić information content (AvgIpc) is 3.42. The molecule has 0 aliphatic carbocycles. The van der Waals surface area contributed by atoms with Gasteiger partial charge in [0.1, 0.15) is 18.1 Å². The molecule has 2 heterocycles. The van der Waals surface area contributed by atoms with Crippen LogP contribution in [-0.2, 0) is 10.2 Å². The van der Waals surface area contributed by atoms with Crippen LogP contribution in [0.1, 0.15) is 50.0 Å². The Kier molecular flexibility index (Phi) is 7.58. The molecule has 0 bridgehead atoms. The molecule has 0 fully saturated rings. The molecule has 33 heavy (non-hydrogen) atoms. The topological polar surface area (TPSA) is 76.5 Å². The van der Waals surface area contributed by atoms with Gasteiger partial charge in [0.25, 0.3) is 5.91 Å². The Balaban J connectivity index is 1.86. The van der Waals surface area contributed by atoms with Crippen molar-refractivity contribution in [2.45, 2.75) is 40.0 Å². The van der Waals surface area contributed by atoms with Crippen molar-refractivity contribution in [1.82, 2.24) is 14.7 Å². The van der Waals surface area contributed by atoms with Crippen molar-refractivity contribution in [1.29, 1.82) is 0 Å². The second-order valence-corrected chi connectivity index (χ2v) is 10.3. The fourth-order valence-electron chi connectivity index (χ4n) is 3.33. The molecule has 7 nitrogen and oxygen atoms in total. The Morgan fingerprint density at radius 1 is 1.18 bits per heavy atom. The zero-order valence-electron chi connectivity index (χ0n) is 20.1. The van der Waals surface area contributed by atoms with E-state index >= 15 is 0 Å². The molecule has 176 valence electrons. The molecule has 0 spiro atoms. The van der Waals surface area contributed by atoms with E-state index in [0.29, 0.717) is 17.2 Å². The zero-order valence-corrected chi connectivity index (χ0v) is 20.9. The van der Waals surface area contributed by atoms with E-state index in [-0.39, 0.29) is 29.7 Å². The van der Waals surface area contributed by atoms with Crippen LogP contribution in [0.5, 0.6) is 5.75 Å². The van der Waals surface area contributed by atoms with Crippen LogP contribution in [0, 0.1) is 5.92 Å². The summed E-state index contributed by atoms with van der Waals surface area (Å²) in [6.45, 7) is 10.7. The van der Waals surface area contributed by atoms with Gasteiger partial charge in [-0.2, -0.15) is 5.10 Å². The first-order chi connectivity index (χ1) is 15.6. The number of rotatable bonds is 8. The summed E-state index contributed by atoms with van der Waals surface area (Å²) in [5, 5.41) is 9.58. The Labute approximate surface area is 199 Å². The Hall–Kier alpha value is -3.13. The molecule has 0 aliphatic rings. The van der Waals surface area contributed by atoms with Crippen LogP contribution in [0.2, 0.25) is 0 Å². The number of nitrogens with one attached hydrogen (secondary N) is 1. The summed E-state index contributed by atoms with van der Waals surface area (Å²) in [4.78, 5) is 28.2. The van der Waals surface area contributed by atoms with Gasteiger partial charge in [0.05, 0.1) is 23.4 Å². The van der Waals surface area contributed by atoms with E-state index in [9.17, 15) is 9.59 Å². The minimum atomic E-state index is -0.268. The number of anilines is 1. The molecule has 0 radical (unpaired) electrons. The Morgan fingerprint density at radius 3 is 2.42 bits per heavy atom. The molecule has 0 saturated carbocycles. The minimum absolute atomic E-state index is 0.0342. The number of methoxy groups -OCH3 is 1. The van der Waals surface area contributed by atoms with Crippen LogP contribution in [0.15, 0.2) is 47.8 Å². The lowest BCUT2D eigenvalue weighted by Gasteiger charge is -2.23. The van der Waals surface area contributed by atoms with Gasteiger partial charge in [-0.1, -0.05) is 40.7 Å². The highest BCUT2D eigenvalue weighted by Gasteiger charge is 2.24. The second-order valence-electron chi connectivity index (χ2n) is 9.38. The fraction of sp³-hybridized carbons (Fsp3) is 0.400. The maximum Gasteiger partial charge on any atom is 0.264 e. The predicted molar refractivity (Wildman–Crippen MR) is 133 cm³/mol. The Morgan fingerprint density at radius 2 is 1.88 bits per heavy atom. The summed E-state index contributed by atoms with van der Waals surface area (Å²) < 4.78 is 6.97. The molecule has 0 atom stereocenters. The van der Waals surface area contributed by atoms with Gasteiger partial charge in [-0.05, 0) is 41.6 Å². The van der Waals surface area contributed by atoms with Crippen LogP contribution < -0.4 is 10.1 Å². The van der Waals surface area contributed by atoms with Crippen molar-refractivity contribution in [3.8, 4) is 11.4 Å². The third kappa shape index (κ3) is 6.22. The summed E-state index contributed by atoms with van der Waals surface area (Å²) in [5.41, 5.74) is 1.45. The van der Waals surface area contributed by atoms with Gasteiger partial charge in [-0.15, -0.1) is 11.3 Å². The highest BCUT2D eigenvalue weighted by atomic mass is 32.1. The first kappa shape index (κ1) is 24.5. The molecular weight excluding hydrogens is 436 g/mol. The van der Waals surface area contributed by atoms with Crippen molar-refractivity contribution in [2.75, 3.05) is 25.5 Å². The molecule has 0 aliphatic heterocycles. The van der Waals surface area contributed by atoms with Crippen LogP contribution in [0.25, 0.3) is 5.69 Å². The molecular formula is C25H32N4O3S. The lowest BCUT2D eigenvalue weighted by atomic mass is 9.92. The molecule has 1 aromatic carbocycles. The second kappa shape index (κ2) is 10.2. The quantitative estimate of drug-likeness (QED) is 0.506. The predicted octanol–water partition coefficient (Wildman–Crippen LogP) is 4.98. The van der Waals surface area contributed by atoms with Gasteiger partial charge in [0, 0.05) is 18.0 Å². The van der Waals surface area contributed by atoms with Crippen molar-refractivity contribution in [2.24, 2.45) is 5.92 Å². The van der Waals surface area contributed by atoms with Gasteiger partial charge in [0.15, 0.2) is 0 Å². The molecule has 2 aromatic heterocycles. The largest absolute Gasteiger partial charge is 0.497 e. The van der Waals surface area contributed by atoms with Gasteiger partial charge < -0.3 is 15.0 Å². The van der Waals surface area contributed by atoms with Crippen LogP contribution in [0.4, 0.5) is 5.82 Å². The van der Waals surface area contributed by atoms with E-state index in [1.54, 1.807) is 22.8 Å². The SMILES string of the molecule is COc1ccc(-n2nc(C(C)(C)C)cc2NC(=O)CN(CC(C)C)C(=O)c2cccs2)cc1. The van der Waals surface area contributed by atoms with Gasteiger partial charge >= 0.3 is 0 Å². The van der Waals surface area contributed by atoms with Crippen LogP contribution in [0.3, 0.4) is 0 Å². The number of thiophene rings is 1. The van der Waals surface area contributed by atoms with Crippen molar-refractivity contribution in [3.05, 3.63) is 58.4 Å². The average molecular weight is 469 g/mol. The fourth-order valence-corrected chi connectivity index (χ4v) is 4.02. The summed E-state index contributed by atoms with van der Waals surface area (Å²) in [6.07, 6.45) is 0. The van der Waals surface area contributed by atoms with E-state index in [1.165, 1.54) is 11.3 Å². The molecule has 0 saturated heterocycles. The summed E-state index contributed by atoms with van der Waals surface area (Å²) >= 11 is 1.38. The molecule has 8 heteroatoms. The number of hydrogen-bond acceptors (Lipinski definition) is 5. The monoisotopic (exact) mass is 468 g/mol. The third-order valence-corrected chi connectivity index (χ3v) is 5.86. The number of amides is 2. The molecule has 3 rings (SSSR count). The highest BCUT2D eigenvalue weighted by molar-refractivity contribution is 7.12. The molecule has 2 amide bonds. The normalized spacial score (nSPS) is 11.5. The number of benzene rings is 1. The number of ether oxygens (including phenoxy) is 1. The summed E-state index contributed by atoms with van der Waals surface area (Å²) in [5.74, 6) is 1.13. The van der Waals surface area contributed by atoms with Gasteiger partial charge in [0.2, 0.25) is 5.91 Å². The van der Waals surface area contributed by atoms with E-state index in [0.717, 1.165) is 17.1 Å². The third-order valence-electron chi connectivity index (χ3n) is 5.00. The summed E-state index contributed by atoms with van der Waals surface area (Å²) in [6, 6.07) is 13.0. The lowest BCUT2D eigenvalue weighted by Crippen LogP contribution is -2.40. The van der Waals surface area contributed by atoms with Gasteiger partial charge in [-0.25, -0.2) is 4.68 Å². The maximum absolute atomic E-state index is 13.1. The van der Waals surface area contributed by atoms with E-state index in [1.807, 2.05) is 55.6 Å². The molecule has 1 N–H and O–H groups in total. The van der Waals surface area contributed by atoms with Crippen molar-refractivity contribution < 1.29 is 14.3 Å². The lowest BCUT2D eigenvalue weighted by molar-refractivity contribution is -0.117. The van der Waals surface area contributed by atoms with Crippen molar-refractivity contribution in [3.63, 3.8) is 0 Å². The van der Waals surface area contributed by atoms with Crippen LogP contribution >= 0.6 is 11.3 Å². The highest BCUT2D eigenvalue weighted by Crippen LogP contribution is 2.27. The molecule has 3 aromatic rings. The van der Waals surface area contributed by atoms with Crippen LogP contribution in [-0.4, -0.2) is 46.7 Å². The van der Waals surface area contributed by atoms with Crippen molar-refractivity contribution >= 4 is 29.0 Å². The number of carbonyl (C=O) groups excluding carboxylic acids is 2. The smallest absolute Gasteiger partial charge is 0.264 e. The van der Waals surface area contributed by atoms with E-state index in [4.69, 9.17) is 9.84 Å². The number of carbonyl (C=O) groups is 2. The zero-order chi connectivity index (χ0) is 24.2. The van der Waals surface area contributed by atoms with E-state index in [2.05, 4.69) is 26.1 Å². The molecule has 0 unspecified atom stereocenters. The maximum atomic E-state index is 13.1. The Bertz CT molecular complexity index is 1080. The number of nitrogens with zero attached hydrogens (tertiary/aromatic N) is 3. The van der Waals surface area contributed by atoms with E-state index < -0.39 is 0 Å². The number of hydrogen-bond donors (Lipinski definition) is 1.